The molecule has 1 saturated heterocycles. The van der Waals surface area contributed by atoms with E-state index >= 15 is 0 Å². The van der Waals surface area contributed by atoms with Crippen molar-refractivity contribution in [3.8, 4) is 0 Å². The lowest BCUT2D eigenvalue weighted by Crippen LogP contribution is -2.60. The number of fused-ring (bicyclic) bond motifs is 1. The Hall–Kier alpha value is -1.04. The summed E-state index contributed by atoms with van der Waals surface area (Å²) in [7, 11) is 0. The van der Waals surface area contributed by atoms with Crippen LogP contribution in [0.25, 0.3) is 10.8 Å². The first-order valence-electron chi connectivity index (χ1n) is 8.50. The second-order valence-electron chi connectivity index (χ2n) is 6.66. The molecule has 0 aliphatic carbocycles. The van der Waals surface area contributed by atoms with Crippen molar-refractivity contribution >= 4 is 51.5 Å². The molecule has 1 aliphatic heterocycles. The standard InChI is InChI=1S/C19H21Cl3N2O2/c1-12-10-24(11-13(2)26-12)18(19(20,21)22)23-17(25)16-9-5-7-14-6-3-4-8-15(14)16/h3-9,12-13,18H,10-11H2,1-2H3,(H,23,25)/t12-,13+,18-/m1/s1. The number of hydrogen-bond acceptors (Lipinski definition) is 3. The first-order chi connectivity index (χ1) is 12.3. The van der Waals surface area contributed by atoms with Gasteiger partial charge in [0.2, 0.25) is 3.79 Å². The zero-order valence-corrected chi connectivity index (χ0v) is 16.9. The fraction of sp³-hybridized carbons (Fsp3) is 0.421. The summed E-state index contributed by atoms with van der Waals surface area (Å²) in [5.41, 5.74) is 0.553. The summed E-state index contributed by atoms with van der Waals surface area (Å²) in [5, 5.41) is 4.76. The molecule has 0 radical (unpaired) electrons. The lowest BCUT2D eigenvalue weighted by Gasteiger charge is -2.42. The van der Waals surface area contributed by atoms with E-state index < -0.39 is 9.96 Å². The van der Waals surface area contributed by atoms with Crippen LogP contribution in [0.5, 0.6) is 0 Å². The summed E-state index contributed by atoms with van der Waals surface area (Å²) in [6.07, 6.45) is -0.779. The van der Waals surface area contributed by atoms with Crippen LogP contribution in [0.3, 0.4) is 0 Å². The largest absolute Gasteiger partial charge is 0.373 e. The third-order valence-electron chi connectivity index (χ3n) is 4.43. The quantitative estimate of drug-likeness (QED) is 0.757. The molecule has 26 heavy (non-hydrogen) atoms. The van der Waals surface area contributed by atoms with E-state index in [1.807, 2.05) is 55.1 Å². The molecule has 1 aliphatic rings. The van der Waals surface area contributed by atoms with Gasteiger partial charge in [-0.2, -0.15) is 0 Å². The molecule has 1 amide bonds. The smallest absolute Gasteiger partial charge is 0.253 e. The first-order valence-corrected chi connectivity index (χ1v) is 9.64. The minimum atomic E-state index is -1.67. The monoisotopic (exact) mass is 414 g/mol. The Bertz CT molecular complexity index is 778. The second kappa shape index (κ2) is 7.91. The van der Waals surface area contributed by atoms with Crippen LogP contribution in [0.4, 0.5) is 0 Å². The van der Waals surface area contributed by atoms with Crippen molar-refractivity contribution < 1.29 is 9.53 Å². The molecule has 1 heterocycles. The predicted octanol–water partition coefficient (Wildman–Crippen LogP) is 4.38. The molecule has 0 saturated carbocycles. The van der Waals surface area contributed by atoms with E-state index in [4.69, 9.17) is 39.5 Å². The highest BCUT2D eigenvalue weighted by molar-refractivity contribution is 6.68. The Labute approximate surface area is 168 Å². The van der Waals surface area contributed by atoms with Crippen LogP contribution >= 0.6 is 34.8 Å². The highest BCUT2D eigenvalue weighted by Gasteiger charge is 2.41. The molecule has 2 aromatic rings. The molecule has 140 valence electrons. The number of benzene rings is 2. The number of alkyl halides is 3. The van der Waals surface area contributed by atoms with E-state index in [1.54, 1.807) is 6.07 Å². The maximum atomic E-state index is 13.0. The SMILES string of the molecule is C[C@@H]1CN([C@@H](NC(=O)c2cccc3ccccc23)C(Cl)(Cl)Cl)C[C@H](C)O1. The second-order valence-corrected chi connectivity index (χ2v) is 9.02. The fourth-order valence-corrected chi connectivity index (χ4v) is 4.01. The van der Waals surface area contributed by atoms with Crippen LogP contribution in [-0.2, 0) is 4.74 Å². The van der Waals surface area contributed by atoms with E-state index in [9.17, 15) is 4.79 Å². The highest BCUT2D eigenvalue weighted by atomic mass is 35.6. The van der Waals surface area contributed by atoms with Gasteiger partial charge in [0.05, 0.1) is 12.2 Å². The fourth-order valence-electron chi connectivity index (χ4n) is 3.43. The molecule has 1 N–H and O–H groups in total. The molecule has 3 rings (SSSR count). The zero-order valence-electron chi connectivity index (χ0n) is 14.6. The third-order valence-corrected chi connectivity index (χ3v) is 5.05. The minimum Gasteiger partial charge on any atom is -0.373 e. The maximum Gasteiger partial charge on any atom is 0.253 e. The van der Waals surface area contributed by atoms with Crippen molar-refractivity contribution in [3.05, 3.63) is 48.0 Å². The van der Waals surface area contributed by atoms with E-state index in [2.05, 4.69) is 5.32 Å². The number of amides is 1. The van der Waals surface area contributed by atoms with Gasteiger partial charge in [-0.15, -0.1) is 0 Å². The van der Waals surface area contributed by atoms with Crippen molar-refractivity contribution in [2.45, 2.75) is 36.0 Å². The molecule has 0 unspecified atom stereocenters. The summed E-state index contributed by atoms with van der Waals surface area (Å²) in [5.74, 6) is -0.273. The predicted molar refractivity (Wildman–Crippen MR) is 107 cm³/mol. The Kier molecular flexibility index (Phi) is 6.00. The van der Waals surface area contributed by atoms with Gasteiger partial charge in [0.25, 0.3) is 5.91 Å². The molecule has 1 fully saturated rings. The van der Waals surface area contributed by atoms with Crippen LogP contribution in [0.15, 0.2) is 42.5 Å². The number of hydrogen-bond donors (Lipinski definition) is 1. The zero-order chi connectivity index (χ0) is 18.9. The first kappa shape index (κ1) is 19.7. The topological polar surface area (TPSA) is 41.6 Å². The van der Waals surface area contributed by atoms with Crippen LogP contribution in [0.2, 0.25) is 0 Å². The number of nitrogens with zero attached hydrogens (tertiary/aromatic N) is 1. The molecular formula is C19H21Cl3N2O2. The van der Waals surface area contributed by atoms with Gasteiger partial charge in [0, 0.05) is 18.7 Å². The number of carbonyl (C=O) groups excluding carboxylic acids is 1. The summed E-state index contributed by atoms with van der Waals surface area (Å²) in [6, 6.07) is 13.3. The highest BCUT2D eigenvalue weighted by Crippen LogP contribution is 2.34. The number of ether oxygens (including phenoxy) is 1. The van der Waals surface area contributed by atoms with Crippen molar-refractivity contribution in [2.24, 2.45) is 0 Å². The lowest BCUT2D eigenvalue weighted by atomic mass is 10.0. The molecule has 0 aromatic heterocycles. The number of rotatable bonds is 3. The molecule has 7 heteroatoms. The number of carbonyl (C=O) groups is 1. The number of halogens is 3. The van der Waals surface area contributed by atoms with Gasteiger partial charge in [0.1, 0.15) is 6.17 Å². The van der Waals surface area contributed by atoms with Gasteiger partial charge in [-0.25, -0.2) is 0 Å². The molecule has 4 nitrogen and oxygen atoms in total. The van der Waals surface area contributed by atoms with Crippen LogP contribution < -0.4 is 5.32 Å². The van der Waals surface area contributed by atoms with E-state index in [-0.39, 0.29) is 18.1 Å². The van der Waals surface area contributed by atoms with E-state index in [0.717, 1.165) is 10.8 Å². The minimum absolute atomic E-state index is 0.0111. The molecular weight excluding hydrogens is 395 g/mol. The van der Waals surface area contributed by atoms with Gasteiger partial charge in [-0.3, -0.25) is 9.69 Å². The Balaban J connectivity index is 1.88. The van der Waals surface area contributed by atoms with Crippen molar-refractivity contribution in [3.63, 3.8) is 0 Å². The maximum absolute atomic E-state index is 13.0. The van der Waals surface area contributed by atoms with Gasteiger partial charge >= 0.3 is 0 Å². The molecule has 0 spiro atoms. The number of nitrogens with one attached hydrogen (secondary N) is 1. The average molecular weight is 416 g/mol. The molecule has 0 bridgehead atoms. The van der Waals surface area contributed by atoms with Gasteiger partial charge in [0.15, 0.2) is 0 Å². The van der Waals surface area contributed by atoms with Crippen molar-refractivity contribution in [2.75, 3.05) is 13.1 Å². The summed E-state index contributed by atoms with van der Waals surface area (Å²) >= 11 is 18.6. The average Bonchev–Trinajstić information content (AvgIpc) is 2.57. The lowest BCUT2D eigenvalue weighted by molar-refractivity contribution is -0.0826. The number of morpholine rings is 1. The van der Waals surface area contributed by atoms with Crippen LogP contribution in [0.1, 0.15) is 24.2 Å². The molecule has 3 atom stereocenters. The molecule has 2 aromatic carbocycles. The van der Waals surface area contributed by atoms with Gasteiger partial charge in [-0.05, 0) is 30.7 Å². The van der Waals surface area contributed by atoms with E-state index in [0.29, 0.717) is 18.7 Å². The van der Waals surface area contributed by atoms with Crippen molar-refractivity contribution in [1.29, 1.82) is 0 Å². The normalized spacial score (nSPS) is 23.0. The Morgan fingerprint density at radius 2 is 1.73 bits per heavy atom. The van der Waals surface area contributed by atoms with Gasteiger partial charge < -0.3 is 10.1 Å². The van der Waals surface area contributed by atoms with Crippen LogP contribution in [0, 0.1) is 0 Å². The Morgan fingerprint density at radius 3 is 2.38 bits per heavy atom. The summed E-state index contributed by atoms with van der Waals surface area (Å²) in [6.45, 7) is 5.06. The summed E-state index contributed by atoms with van der Waals surface area (Å²) < 4.78 is 4.07. The van der Waals surface area contributed by atoms with Crippen molar-refractivity contribution in [1.82, 2.24) is 10.2 Å². The summed E-state index contributed by atoms with van der Waals surface area (Å²) in [4.78, 5) is 14.9. The van der Waals surface area contributed by atoms with Crippen LogP contribution in [-0.4, -0.2) is 46.1 Å². The Morgan fingerprint density at radius 1 is 1.12 bits per heavy atom. The third kappa shape index (κ3) is 4.44. The van der Waals surface area contributed by atoms with Gasteiger partial charge in [-0.1, -0.05) is 71.2 Å². The van der Waals surface area contributed by atoms with E-state index in [1.165, 1.54) is 0 Å².